The third-order valence-electron chi connectivity index (χ3n) is 4.68. The van der Waals surface area contributed by atoms with E-state index in [4.69, 9.17) is 5.26 Å². The quantitative estimate of drug-likeness (QED) is 0.819. The second kappa shape index (κ2) is 4.08. The lowest BCUT2D eigenvalue weighted by Crippen LogP contribution is -2.47. The minimum Gasteiger partial charge on any atom is -0.385 e. The third kappa shape index (κ3) is 1.73. The second-order valence-corrected chi connectivity index (χ2v) is 5.68. The fourth-order valence-electron chi connectivity index (χ4n) is 3.54. The highest BCUT2D eigenvalue weighted by atomic mass is 16.3. The zero-order valence-electron chi connectivity index (χ0n) is 10.6. The SMILES string of the molecule is CN1C2CCC1CC(O)(c1ccc(C#N)cc1)C2. The molecule has 0 amide bonds. The van der Waals surface area contributed by atoms with Crippen molar-refractivity contribution in [2.45, 2.75) is 43.4 Å². The van der Waals surface area contributed by atoms with E-state index < -0.39 is 5.60 Å². The highest BCUT2D eigenvalue weighted by Crippen LogP contribution is 2.44. The first kappa shape index (κ1) is 11.7. The Morgan fingerprint density at radius 3 is 2.28 bits per heavy atom. The molecule has 1 aromatic carbocycles. The molecule has 2 bridgehead atoms. The Bertz CT molecular complexity index is 474. The van der Waals surface area contributed by atoms with Crippen LogP contribution < -0.4 is 0 Å². The van der Waals surface area contributed by atoms with E-state index in [-0.39, 0.29) is 0 Å². The summed E-state index contributed by atoms with van der Waals surface area (Å²) in [5.41, 5.74) is 0.913. The maximum absolute atomic E-state index is 10.9. The molecule has 18 heavy (non-hydrogen) atoms. The number of benzene rings is 1. The van der Waals surface area contributed by atoms with E-state index in [1.54, 1.807) is 12.1 Å². The second-order valence-electron chi connectivity index (χ2n) is 5.68. The molecule has 2 atom stereocenters. The van der Waals surface area contributed by atoms with Gasteiger partial charge in [0.15, 0.2) is 0 Å². The summed E-state index contributed by atoms with van der Waals surface area (Å²) in [6, 6.07) is 10.5. The molecule has 2 fully saturated rings. The molecule has 2 unspecified atom stereocenters. The predicted molar refractivity (Wildman–Crippen MR) is 68.9 cm³/mol. The van der Waals surface area contributed by atoms with E-state index in [9.17, 15) is 5.11 Å². The van der Waals surface area contributed by atoms with Gasteiger partial charge in [0.2, 0.25) is 0 Å². The molecule has 0 aromatic heterocycles. The molecule has 0 spiro atoms. The molecule has 3 nitrogen and oxygen atoms in total. The van der Waals surface area contributed by atoms with Crippen molar-refractivity contribution in [1.82, 2.24) is 4.90 Å². The topological polar surface area (TPSA) is 47.3 Å². The zero-order valence-corrected chi connectivity index (χ0v) is 10.6. The van der Waals surface area contributed by atoms with Gasteiger partial charge < -0.3 is 10.0 Å². The summed E-state index contributed by atoms with van der Waals surface area (Å²) >= 11 is 0. The van der Waals surface area contributed by atoms with Crippen molar-refractivity contribution in [3.8, 4) is 6.07 Å². The van der Waals surface area contributed by atoms with E-state index in [1.165, 1.54) is 12.8 Å². The Hall–Kier alpha value is -1.37. The van der Waals surface area contributed by atoms with Gasteiger partial charge in [-0.15, -0.1) is 0 Å². The molecule has 2 aliphatic rings. The summed E-state index contributed by atoms with van der Waals surface area (Å²) in [5.74, 6) is 0. The summed E-state index contributed by atoms with van der Waals surface area (Å²) in [6.07, 6.45) is 4.01. The number of hydrogen-bond acceptors (Lipinski definition) is 3. The maximum Gasteiger partial charge on any atom is 0.0991 e. The Kier molecular flexibility index (Phi) is 2.65. The van der Waals surface area contributed by atoms with Crippen molar-refractivity contribution < 1.29 is 5.11 Å². The first-order chi connectivity index (χ1) is 8.62. The largest absolute Gasteiger partial charge is 0.385 e. The minimum atomic E-state index is -0.702. The molecular formula is C15H18N2O. The zero-order chi connectivity index (χ0) is 12.8. The summed E-state index contributed by atoms with van der Waals surface area (Å²) in [7, 11) is 2.17. The molecule has 0 aliphatic carbocycles. The molecule has 2 heterocycles. The maximum atomic E-state index is 10.9. The highest BCUT2D eigenvalue weighted by molar-refractivity contribution is 5.34. The Balaban J connectivity index is 1.89. The Morgan fingerprint density at radius 2 is 1.78 bits per heavy atom. The first-order valence-electron chi connectivity index (χ1n) is 6.57. The third-order valence-corrected chi connectivity index (χ3v) is 4.68. The predicted octanol–water partition coefficient (Wildman–Crippen LogP) is 2.00. The van der Waals surface area contributed by atoms with E-state index in [0.29, 0.717) is 17.6 Å². The molecule has 1 aromatic rings. The number of nitrogens with zero attached hydrogens (tertiary/aromatic N) is 2. The number of rotatable bonds is 1. The molecule has 3 rings (SSSR count). The van der Waals surface area contributed by atoms with E-state index in [1.807, 2.05) is 12.1 Å². The van der Waals surface area contributed by atoms with Crippen LogP contribution in [-0.2, 0) is 5.60 Å². The van der Waals surface area contributed by atoms with E-state index >= 15 is 0 Å². The highest BCUT2D eigenvalue weighted by Gasteiger charge is 2.46. The number of aliphatic hydroxyl groups is 1. The number of hydrogen-bond donors (Lipinski definition) is 1. The van der Waals surface area contributed by atoms with Gasteiger partial charge in [-0.25, -0.2) is 0 Å². The number of fused-ring (bicyclic) bond motifs is 2. The van der Waals surface area contributed by atoms with Crippen LogP contribution in [0.1, 0.15) is 36.8 Å². The molecule has 2 saturated heterocycles. The molecule has 3 heteroatoms. The molecular weight excluding hydrogens is 224 g/mol. The molecule has 0 radical (unpaired) electrons. The van der Waals surface area contributed by atoms with Gasteiger partial charge >= 0.3 is 0 Å². The van der Waals surface area contributed by atoms with Crippen LogP contribution in [0.2, 0.25) is 0 Å². The van der Waals surface area contributed by atoms with Gasteiger partial charge in [0.25, 0.3) is 0 Å². The van der Waals surface area contributed by atoms with Crippen molar-refractivity contribution in [2.75, 3.05) is 7.05 Å². The first-order valence-corrected chi connectivity index (χ1v) is 6.57. The molecule has 2 aliphatic heterocycles. The van der Waals surface area contributed by atoms with E-state index in [2.05, 4.69) is 18.0 Å². The van der Waals surface area contributed by atoms with Crippen molar-refractivity contribution >= 4 is 0 Å². The molecule has 1 N–H and O–H groups in total. The van der Waals surface area contributed by atoms with Crippen LogP contribution in [0.5, 0.6) is 0 Å². The van der Waals surface area contributed by atoms with Gasteiger partial charge in [-0.05, 0) is 50.4 Å². The Labute approximate surface area is 108 Å². The summed E-state index contributed by atoms with van der Waals surface area (Å²) in [6.45, 7) is 0. The lowest BCUT2D eigenvalue weighted by molar-refractivity contribution is -0.0493. The van der Waals surface area contributed by atoms with Gasteiger partial charge in [0.1, 0.15) is 0 Å². The van der Waals surface area contributed by atoms with Crippen LogP contribution in [-0.4, -0.2) is 29.1 Å². The monoisotopic (exact) mass is 242 g/mol. The lowest BCUT2D eigenvalue weighted by Gasteiger charge is -2.42. The number of nitriles is 1. The average Bonchev–Trinajstić information content (AvgIpc) is 2.63. The molecule has 94 valence electrons. The van der Waals surface area contributed by atoms with Crippen molar-refractivity contribution in [1.29, 1.82) is 5.26 Å². The normalized spacial score (nSPS) is 35.4. The molecule has 0 saturated carbocycles. The summed E-state index contributed by atoms with van der Waals surface area (Å²) < 4.78 is 0. The average molecular weight is 242 g/mol. The van der Waals surface area contributed by atoms with Crippen molar-refractivity contribution in [3.63, 3.8) is 0 Å². The van der Waals surface area contributed by atoms with Crippen LogP contribution >= 0.6 is 0 Å². The van der Waals surface area contributed by atoms with Crippen molar-refractivity contribution in [2.24, 2.45) is 0 Å². The van der Waals surface area contributed by atoms with Crippen LogP contribution in [0.4, 0.5) is 0 Å². The smallest absolute Gasteiger partial charge is 0.0991 e. The van der Waals surface area contributed by atoms with Gasteiger partial charge in [0, 0.05) is 12.1 Å². The standard InChI is InChI=1S/C15H18N2O/c1-17-13-6-7-14(17)9-15(18,8-13)12-4-2-11(10-16)3-5-12/h2-5,13-14,18H,6-9H2,1H3. The van der Waals surface area contributed by atoms with E-state index in [0.717, 1.165) is 18.4 Å². The van der Waals surface area contributed by atoms with Gasteiger partial charge in [-0.2, -0.15) is 5.26 Å². The van der Waals surface area contributed by atoms with Crippen LogP contribution in [0.15, 0.2) is 24.3 Å². The summed E-state index contributed by atoms with van der Waals surface area (Å²) in [4.78, 5) is 2.41. The summed E-state index contributed by atoms with van der Waals surface area (Å²) in [5, 5.41) is 19.7. The number of piperidine rings is 1. The minimum absolute atomic E-state index is 0.504. The van der Waals surface area contributed by atoms with Gasteiger partial charge in [0.05, 0.1) is 17.2 Å². The fraction of sp³-hybridized carbons (Fsp3) is 0.533. The van der Waals surface area contributed by atoms with Crippen LogP contribution in [0.25, 0.3) is 0 Å². The van der Waals surface area contributed by atoms with Crippen molar-refractivity contribution in [3.05, 3.63) is 35.4 Å². The van der Waals surface area contributed by atoms with Gasteiger partial charge in [-0.1, -0.05) is 12.1 Å². The van der Waals surface area contributed by atoms with Crippen LogP contribution in [0, 0.1) is 11.3 Å². The van der Waals surface area contributed by atoms with Gasteiger partial charge in [-0.3, -0.25) is 0 Å². The fourth-order valence-corrected chi connectivity index (χ4v) is 3.54. The Morgan fingerprint density at radius 1 is 1.22 bits per heavy atom. The van der Waals surface area contributed by atoms with Crippen LogP contribution in [0.3, 0.4) is 0 Å². The lowest BCUT2D eigenvalue weighted by atomic mass is 9.80.